The number of hydrogen-bond donors (Lipinski definition) is 1. The van der Waals surface area contributed by atoms with Gasteiger partial charge in [0.15, 0.2) is 0 Å². The first-order valence-electron chi connectivity index (χ1n) is 5.45. The van der Waals surface area contributed by atoms with Crippen molar-refractivity contribution in [1.29, 1.82) is 0 Å². The molecule has 1 N–H and O–H groups in total. The van der Waals surface area contributed by atoms with Gasteiger partial charge in [-0.3, -0.25) is 0 Å². The van der Waals surface area contributed by atoms with Gasteiger partial charge < -0.3 is 10.1 Å². The second kappa shape index (κ2) is 5.41. The van der Waals surface area contributed by atoms with E-state index in [4.69, 9.17) is 4.74 Å². The van der Waals surface area contributed by atoms with E-state index in [2.05, 4.69) is 5.32 Å². The standard InChI is InChI=1S/C13H20FNO/c1-10-5-6-12(14)11(7-10)8-15-9-13(2,3)16-4/h5-7,15H,8-9H2,1-4H3. The van der Waals surface area contributed by atoms with Gasteiger partial charge in [-0.2, -0.15) is 0 Å². The maximum atomic E-state index is 13.4. The average Bonchev–Trinajstić information content (AvgIpc) is 2.23. The third-order valence-electron chi connectivity index (χ3n) is 2.62. The molecule has 16 heavy (non-hydrogen) atoms. The molecular formula is C13H20FNO. The summed E-state index contributed by atoms with van der Waals surface area (Å²) in [4.78, 5) is 0. The van der Waals surface area contributed by atoms with Crippen molar-refractivity contribution >= 4 is 0 Å². The van der Waals surface area contributed by atoms with E-state index in [1.165, 1.54) is 6.07 Å². The lowest BCUT2D eigenvalue weighted by Crippen LogP contribution is -2.36. The SMILES string of the molecule is COC(C)(C)CNCc1cc(C)ccc1F. The Balaban J connectivity index is 2.52. The largest absolute Gasteiger partial charge is 0.377 e. The van der Waals surface area contributed by atoms with Crippen LogP contribution in [0.4, 0.5) is 4.39 Å². The van der Waals surface area contributed by atoms with Crippen LogP contribution in [0.5, 0.6) is 0 Å². The molecule has 0 unspecified atom stereocenters. The monoisotopic (exact) mass is 225 g/mol. The fourth-order valence-electron chi connectivity index (χ4n) is 1.41. The molecule has 0 fully saturated rings. The van der Waals surface area contributed by atoms with Gasteiger partial charge in [0.2, 0.25) is 0 Å². The number of halogens is 1. The van der Waals surface area contributed by atoms with Crippen molar-refractivity contribution in [3.8, 4) is 0 Å². The lowest BCUT2D eigenvalue weighted by Gasteiger charge is -2.23. The molecule has 90 valence electrons. The smallest absolute Gasteiger partial charge is 0.127 e. The summed E-state index contributed by atoms with van der Waals surface area (Å²) in [5.41, 5.74) is 1.55. The normalized spacial score (nSPS) is 11.8. The summed E-state index contributed by atoms with van der Waals surface area (Å²) < 4.78 is 18.7. The van der Waals surface area contributed by atoms with Gasteiger partial charge in [0, 0.05) is 25.8 Å². The molecule has 1 aromatic carbocycles. The van der Waals surface area contributed by atoms with Crippen LogP contribution in [0.2, 0.25) is 0 Å². The first kappa shape index (κ1) is 13.1. The first-order chi connectivity index (χ1) is 7.44. The zero-order valence-electron chi connectivity index (χ0n) is 10.4. The molecule has 0 atom stereocenters. The molecule has 0 aliphatic carbocycles. The van der Waals surface area contributed by atoms with Gasteiger partial charge in [0.1, 0.15) is 5.82 Å². The van der Waals surface area contributed by atoms with Gasteiger partial charge in [-0.1, -0.05) is 17.7 Å². The van der Waals surface area contributed by atoms with Crippen LogP contribution in [-0.4, -0.2) is 19.3 Å². The number of rotatable bonds is 5. The van der Waals surface area contributed by atoms with Crippen LogP contribution in [0.1, 0.15) is 25.0 Å². The summed E-state index contributed by atoms with van der Waals surface area (Å²) >= 11 is 0. The van der Waals surface area contributed by atoms with Crippen LogP contribution < -0.4 is 5.32 Å². The zero-order chi connectivity index (χ0) is 12.2. The Kier molecular flexibility index (Phi) is 4.44. The van der Waals surface area contributed by atoms with E-state index < -0.39 is 0 Å². The first-order valence-corrected chi connectivity index (χ1v) is 5.45. The Bertz CT molecular complexity index is 350. The predicted octanol–water partition coefficient (Wildman–Crippen LogP) is 2.65. The summed E-state index contributed by atoms with van der Waals surface area (Å²) in [6, 6.07) is 5.15. The van der Waals surface area contributed by atoms with E-state index in [1.54, 1.807) is 13.2 Å². The van der Waals surface area contributed by atoms with Gasteiger partial charge in [0.25, 0.3) is 0 Å². The third-order valence-corrected chi connectivity index (χ3v) is 2.62. The second-order valence-corrected chi connectivity index (χ2v) is 4.66. The number of methoxy groups -OCH3 is 1. The van der Waals surface area contributed by atoms with Crippen molar-refractivity contribution in [2.24, 2.45) is 0 Å². The molecule has 1 aromatic rings. The van der Waals surface area contributed by atoms with Crippen molar-refractivity contribution in [1.82, 2.24) is 5.32 Å². The Morgan fingerprint density at radius 1 is 1.38 bits per heavy atom. The van der Waals surface area contributed by atoms with Crippen LogP contribution >= 0.6 is 0 Å². The van der Waals surface area contributed by atoms with Crippen molar-refractivity contribution in [2.45, 2.75) is 32.9 Å². The summed E-state index contributed by atoms with van der Waals surface area (Å²) in [7, 11) is 1.68. The predicted molar refractivity (Wildman–Crippen MR) is 63.9 cm³/mol. The van der Waals surface area contributed by atoms with Crippen molar-refractivity contribution < 1.29 is 9.13 Å². The Labute approximate surface area is 96.8 Å². The fourth-order valence-corrected chi connectivity index (χ4v) is 1.41. The molecule has 0 bridgehead atoms. The molecule has 0 radical (unpaired) electrons. The van der Waals surface area contributed by atoms with Crippen LogP contribution in [0, 0.1) is 12.7 Å². The highest BCUT2D eigenvalue weighted by Gasteiger charge is 2.15. The third kappa shape index (κ3) is 3.91. The summed E-state index contributed by atoms with van der Waals surface area (Å²) in [6.07, 6.45) is 0. The van der Waals surface area contributed by atoms with E-state index in [0.717, 1.165) is 5.56 Å². The van der Waals surface area contributed by atoms with Crippen LogP contribution in [-0.2, 0) is 11.3 Å². The van der Waals surface area contributed by atoms with Crippen LogP contribution in [0.3, 0.4) is 0 Å². The molecule has 2 nitrogen and oxygen atoms in total. The average molecular weight is 225 g/mol. The van der Waals surface area contributed by atoms with Crippen LogP contribution in [0.25, 0.3) is 0 Å². The maximum absolute atomic E-state index is 13.4. The molecule has 1 rings (SSSR count). The summed E-state index contributed by atoms with van der Waals surface area (Å²) in [5, 5.41) is 3.20. The minimum atomic E-state index is -0.222. The zero-order valence-corrected chi connectivity index (χ0v) is 10.4. The summed E-state index contributed by atoms with van der Waals surface area (Å²) in [6.45, 7) is 7.17. The topological polar surface area (TPSA) is 21.3 Å². The lowest BCUT2D eigenvalue weighted by atomic mass is 10.1. The molecule has 0 saturated carbocycles. The second-order valence-electron chi connectivity index (χ2n) is 4.66. The van der Waals surface area contributed by atoms with Gasteiger partial charge >= 0.3 is 0 Å². The molecule has 0 amide bonds. The van der Waals surface area contributed by atoms with E-state index in [9.17, 15) is 4.39 Å². The molecule has 0 saturated heterocycles. The number of aryl methyl sites for hydroxylation is 1. The molecule has 0 spiro atoms. The molecular weight excluding hydrogens is 205 g/mol. The number of hydrogen-bond acceptors (Lipinski definition) is 2. The van der Waals surface area contributed by atoms with Crippen molar-refractivity contribution in [2.75, 3.05) is 13.7 Å². The van der Waals surface area contributed by atoms with Crippen LogP contribution in [0.15, 0.2) is 18.2 Å². The molecule has 0 aliphatic heterocycles. The lowest BCUT2D eigenvalue weighted by molar-refractivity contribution is 0.0230. The summed E-state index contributed by atoms with van der Waals surface area (Å²) in [5.74, 6) is -0.159. The number of nitrogens with one attached hydrogen (secondary N) is 1. The van der Waals surface area contributed by atoms with Gasteiger partial charge in [0.05, 0.1) is 5.60 Å². The Morgan fingerprint density at radius 2 is 2.06 bits per heavy atom. The van der Waals surface area contributed by atoms with Crippen molar-refractivity contribution in [3.63, 3.8) is 0 Å². The molecule has 0 aromatic heterocycles. The van der Waals surface area contributed by atoms with Gasteiger partial charge in [-0.25, -0.2) is 4.39 Å². The number of ether oxygens (including phenoxy) is 1. The molecule has 0 aliphatic rings. The molecule has 3 heteroatoms. The maximum Gasteiger partial charge on any atom is 0.127 e. The van der Waals surface area contributed by atoms with E-state index in [-0.39, 0.29) is 11.4 Å². The highest BCUT2D eigenvalue weighted by Crippen LogP contribution is 2.10. The highest BCUT2D eigenvalue weighted by molar-refractivity contribution is 5.23. The van der Waals surface area contributed by atoms with Gasteiger partial charge in [-0.15, -0.1) is 0 Å². The fraction of sp³-hybridized carbons (Fsp3) is 0.538. The highest BCUT2D eigenvalue weighted by atomic mass is 19.1. The van der Waals surface area contributed by atoms with E-state index in [0.29, 0.717) is 18.7 Å². The Morgan fingerprint density at radius 3 is 2.69 bits per heavy atom. The van der Waals surface area contributed by atoms with Gasteiger partial charge in [-0.05, 0) is 26.8 Å². The van der Waals surface area contributed by atoms with E-state index in [1.807, 2.05) is 26.8 Å². The Hall–Kier alpha value is -0.930. The number of benzene rings is 1. The van der Waals surface area contributed by atoms with Crippen molar-refractivity contribution in [3.05, 3.63) is 35.1 Å². The molecule has 0 heterocycles. The minimum Gasteiger partial charge on any atom is -0.377 e. The minimum absolute atomic E-state index is 0.159. The quantitative estimate of drug-likeness (QED) is 0.831. The van der Waals surface area contributed by atoms with E-state index >= 15 is 0 Å².